The standard InChI is InChI=1S/C39H53N7O10S/c40-14-4-3-9-35(48)41-15-5-6-27-10-12-30(29(24-27)38(50)51)45-46-31-13-11-28(47)25-33(31)56-23-22-55-21-20-54-19-18-53-17-16-42-36(49)8-2-1-7-34-37-32(26-57-34)43-39(52)44-37/h10-13,24-25,32,34,37,47H,1-9,15-23,26H2,(H,41,48)(H,42,49)(H,50,51)(H2,43,44,52)/t32-,34-,37-/m0/s1. The Morgan fingerprint density at radius 3 is 2.28 bits per heavy atom. The number of unbranched alkanes of at least 4 members (excludes halogenated alkanes) is 2. The molecule has 57 heavy (non-hydrogen) atoms. The van der Waals surface area contributed by atoms with Crippen LogP contribution in [-0.2, 0) is 30.2 Å². The van der Waals surface area contributed by atoms with Crippen LogP contribution in [0.3, 0.4) is 0 Å². The molecule has 2 aromatic rings. The highest BCUT2D eigenvalue weighted by atomic mass is 32.2. The molecule has 4 rings (SSSR count). The minimum Gasteiger partial charge on any atom is -0.508 e. The SMILES string of the molecule is N#CCCCC(=O)NCCCc1ccc(N=Nc2ccc(O)cc2OCCOCCOCCOCCNC(=O)CCCC[C@@H]2SC[C@@H]3NC(=O)N[C@@H]32)c(C(=O)O)c1. The van der Waals surface area contributed by atoms with Crippen LogP contribution in [0.4, 0.5) is 16.2 Å². The fourth-order valence-electron chi connectivity index (χ4n) is 6.12. The number of phenols is 1. The minimum absolute atomic E-state index is 0.00288. The van der Waals surface area contributed by atoms with Crippen LogP contribution in [0.5, 0.6) is 11.5 Å². The molecule has 0 spiro atoms. The van der Waals surface area contributed by atoms with Gasteiger partial charge < -0.3 is 50.4 Å². The summed E-state index contributed by atoms with van der Waals surface area (Å²) in [5, 5.41) is 48.7. The van der Waals surface area contributed by atoms with Gasteiger partial charge in [0.15, 0.2) is 5.75 Å². The van der Waals surface area contributed by atoms with Crippen molar-refractivity contribution in [2.75, 3.05) is 65.1 Å². The molecule has 2 aliphatic rings. The maximum absolute atomic E-state index is 12.1. The van der Waals surface area contributed by atoms with E-state index in [0.717, 1.165) is 30.6 Å². The van der Waals surface area contributed by atoms with E-state index in [1.165, 1.54) is 24.3 Å². The number of nitrogens with one attached hydrogen (secondary N) is 4. The maximum atomic E-state index is 12.1. The summed E-state index contributed by atoms with van der Waals surface area (Å²) in [6.45, 7) is 3.06. The Morgan fingerprint density at radius 2 is 1.53 bits per heavy atom. The Balaban J connectivity index is 1.03. The molecule has 0 aliphatic carbocycles. The second-order valence-corrected chi connectivity index (χ2v) is 14.6. The summed E-state index contributed by atoms with van der Waals surface area (Å²) in [4.78, 5) is 47.4. The Morgan fingerprint density at radius 1 is 0.842 bits per heavy atom. The maximum Gasteiger partial charge on any atom is 0.337 e. The van der Waals surface area contributed by atoms with E-state index in [0.29, 0.717) is 89.9 Å². The molecule has 17 nitrogen and oxygen atoms in total. The number of benzene rings is 2. The Kier molecular flexibility index (Phi) is 19.9. The number of carbonyl (C=O) groups excluding carboxylic acids is 3. The molecule has 2 fully saturated rings. The van der Waals surface area contributed by atoms with Crippen LogP contribution < -0.4 is 26.0 Å². The average molecular weight is 812 g/mol. The number of hydrogen-bond donors (Lipinski definition) is 6. The average Bonchev–Trinajstić information content (AvgIpc) is 3.75. The van der Waals surface area contributed by atoms with Crippen LogP contribution in [0, 0.1) is 11.3 Å². The van der Waals surface area contributed by atoms with Crippen molar-refractivity contribution in [3.63, 3.8) is 0 Å². The quantitative estimate of drug-likeness (QED) is 0.0395. The molecule has 0 aromatic heterocycles. The summed E-state index contributed by atoms with van der Waals surface area (Å²) in [6.07, 6.45) is 5.49. The van der Waals surface area contributed by atoms with Gasteiger partial charge >= 0.3 is 12.0 Å². The number of carboxylic acid groups (broad SMARTS) is 1. The predicted octanol–water partition coefficient (Wildman–Crippen LogP) is 4.52. The van der Waals surface area contributed by atoms with E-state index in [1.54, 1.807) is 12.1 Å². The first kappa shape index (κ1) is 44.8. The topological polar surface area (TPSA) is 242 Å². The van der Waals surface area contributed by atoms with Crippen LogP contribution in [-0.4, -0.2) is 116 Å². The molecule has 2 saturated heterocycles. The number of aromatic hydroxyl groups is 1. The number of aromatic carboxylic acids is 1. The summed E-state index contributed by atoms with van der Waals surface area (Å²) >= 11 is 1.88. The number of carbonyl (C=O) groups is 4. The number of hydrogen-bond acceptors (Lipinski definition) is 13. The second-order valence-electron chi connectivity index (χ2n) is 13.4. The van der Waals surface area contributed by atoms with E-state index in [4.69, 9.17) is 24.2 Å². The molecule has 2 heterocycles. The highest BCUT2D eigenvalue weighted by Gasteiger charge is 2.42. The molecule has 0 bridgehead atoms. The van der Waals surface area contributed by atoms with Gasteiger partial charge in [-0.25, -0.2) is 9.59 Å². The van der Waals surface area contributed by atoms with Crippen molar-refractivity contribution in [1.29, 1.82) is 5.26 Å². The van der Waals surface area contributed by atoms with Crippen LogP contribution in [0.1, 0.15) is 67.3 Å². The van der Waals surface area contributed by atoms with Crippen molar-refractivity contribution < 1.29 is 48.3 Å². The Labute approximate surface area is 336 Å². The van der Waals surface area contributed by atoms with Gasteiger partial charge in [-0.3, -0.25) is 9.59 Å². The lowest BCUT2D eigenvalue weighted by Crippen LogP contribution is -2.36. The minimum atomic E-state index is -1.16. The van der Waals surface area contributed by atoms with E-state index in [2.05, 4.69) is 31.5 Å². The number of urea groups is 1. The van der Waals surface area contributed by atoms with Crippen LogP contribution in [0.2, 0.25) is 0 Å². The number of nitriles is 1. The first-order valence-electron chi connectivity index (χ1n) is 19.3. The first-order valence-corrected chi connectivity index (χ1v) is 20.3. The number of rotatable bonds is 28. The molecule has 0 unspecified atom stereocenters. The molecule has 0 saturated carbocycles. The zero-order chi connectivity index (χ0) is 40.7. The third-order valence-corrected chi connectivity index (χ3v) is 10.5. The van der Waals surface area contributed by atoms with Gasteiger partial charge in [0.25, 0.3) is 0 Å². The Hall–Kier alpha value is -4.96. The molecule has 4 amide bonds. The number of nitrogens with zero attached hydrogens (tertiary/aromatic N) is 3. The number of aryl methyl sites for hydroxylation is 1. The van der Waals surface area contributed by atoms with Crippen LogP contribution in [0.15, 0.2) is 46.6 Å². The van der Waals surface area contributed by atoms with Crippen molar-refractivity contribution in [2.24, 2.45) is 10.2 Å². The van der Waals surface area contributed by atoms with Crippen LogP contribution in [0.25, 0.3) is 0 Å². The lowest BCUT2D eigenvalue weighted by Gasteiger charge is -2.16. The number of carboxylic acids is 1. The zero-order valence-corrected chi connectivity index (χ0v) is 32.9. The smallest absolute Gasteiger partial charge is 0.337 e. The number of phenolic OH excluding ortho intramolecular Hbond substituents is 1. The van der Waals surface area contributed by atoms with E-state index in [1.807, 2.05) is 17.8 Å². The lowest BCUT2D eigenvalue weighted by atomic mass is 10.0. The number of amides is 4. The fourth-order valence-corrected chi connectivity index (χ4v) is 7.66. The van der Waals surface area contributed by atoms with Crippen LogP contribution >= 0.6 is 11.8 Å². The van der Waals surface area contributed by atoms with Gasteiger partial charge in [-0.05, 0) is 61.9 Å². The summed E-state index contributed by atoms with van der Waals surface area (Å²) in [5.41, 5.74) is 1.17. The Bertz CT molecular complexity index is 1690. The molecule has 6 N–H and O–H groups in total. The van der Waals surface area contributed by atoms with Gasteiger partial charge in [0, 0.05) is 49.4 Å². The third kappa shape index (κ3) is 16.6. The molecule has 18 heteroatoms. The summed E-state index contributed by atoms with van der Waals surface area (Å²) in [5.74, 6) is -0.141. The van der Waals surface area contributed by atoms with Crippen molar-refractivity contribution in [3.8, 4) is 17.6 Å². The summed E-state index contributed by atoms with van der Waals surface area (Å²) in [7, 11) is 0. The normalized spacial score (nSPS) is 17.1. The number of ether oxygens (including phenoxy) is 4. The number of thioether (sulfide) groups is 1. The van der Waals surface area contributed by atoms with E-state index in [9.17, 15) is 29.4 Å². The van der Waals surface area contributed by atoms with Gasteiger partial charge in [0.05, 0.1) is 63.4 Å². The van der Waals surface area contributed by atoms with Gasteiger partial charge in [-0.15, -0.1) is 10.2 Å². The molecule has 310 valence electrons. The van der Waals surface area contributed by atoms with Gasteiger partial charge in [0.1, 0.15) is 23.7 Å². The predicted molar refractivity (Wildman–Crippen MR) is 211 cm³/mol. The molecular weight excluding hydrogens is 759 g/mol. The summed E-state index contributed by atoms with van der Waals surface area (Å²) < 4.78 is 22.4. The largest absolute Gasteiger partial charge is 0.508 e. The van der Waals surface area contributed by atoms with E-state index >= 15 is 0 Å². The van der Waals surface area contributed by atoms with Gasteiger partial charge in [0.2, 0.25) is 11.8 Å². The van der Waals surface area contributed by atoms with Crippen molar-refractivity contribution in [1.82, 2.24) is 21.3 Å². The van der Waals surface area contributed by atoms with E-state index in [-0.39, 0.29) is 71.6 Å². The fraction of sp³-hybridized carbons (Fsp3) is 0.564. The van der Waals surface area contributed by atoms with Crippen molar-refractivity contribution in [2.45, 2.75) is 75.1 Å². The van der Waals surface area contributed by atoms with Crippen molar-refractivity contribution in [3.05, 3.63) is 47.5 Å². The lowest BCUT2D eigenvalue weighted by molar-refractivity contribution is -0.122. The van der Waals surface area contributed by atoms with E-state index < -0.39 is 5.97 Å². The monoisotopic (exact) mass is 811 g/mol. The molecule has 2 aliphatic heterocycles. The highest BCUT2D eigenvalue weighted by molar-refractivity contribution is 8.00. The number of fused-ring (bicyclic) bond motifs is 1. The van der Waals surface area contributed by atoms with Crippen molar-refractivity contribution >= 4 is 47.0 Å². The summed E-state index contributed by atoms with van der Waals surface area (Å²) in [6, 6.07) is 11.5. The number of azo groups is 1. The van der Waals surface area contributed by atoms with Gasteiger partial charge in [-0.1, -0.05) is 12.5 Å². The first-order chi connectivity index (χ1) is 27.7. The van der Waals surface area contributed by atoms with Gasteiger partial charge in [-0.2, -0.15) is 17.0 Å². The third-order valence-electron chi connectivity index (χ3n) is 9.04. The zero-order valence-electron chi connectivity index (χ0n) is 32.0. The molecule has 2 aromatic carbocycles. The molecule has 0 radical (unpaired) electrons. The molecular formula is C39H53N7O10S. The molecule has 3 atom stereocenters. The second kappa shape index (κ2) is 25.3. The highest BCUT2D eigenvalue weighted by Crippen LogP contribution is 2.34.